The highest BCUT2D eigenvalue weighted by atomic mass is 35.5. The van der Waals surface area contributed by atoms with Crippen LogP contribution in [0.4, 0.5) is 11.4 Å². The predicted molar refractivity (Wildman–Crippen MR) is 135 cm³/mol. The highest BCUT2D eigenvalue weighted by Crippen LogP contribution is 2.52. The van der Waals surface area contributed by atoms with E-state index >= 15 is 0 Å². The van der Waals surface area contributed by atoms with E-state index < -0.39 is 10.0 Å². The van der Waals surface area contributed by atoms with Crippen LogP contribution >= 0.6 is 11.6 Å². The zero-order chi connectivity index (χ0) is 23.9. The van der Waals surface area contributed by atoms with Crippen LogP contribution in [-0.2, 0) is 10.0 Å². The molecule has 0 radical (unpaired) electrons. The van der Waals surface area contributed by atoms with E-state index in [1.54, 1.807) is 50.6 Å². The standard InChI is InChI=1S/C26H25ClN2O4S/c1-32-18-9-12-25(33-2)23(14-18)26-21-8-4-7-20(21)22-15-19(10-11-24(22)28-26)34(30,31)29-17-6-3-5-16(27)13-17/h3-7,9-15,20-21,26,28-29H,8H2,1-2H3/t20-,21+,26-/m0/s1. The third-order valence-corrected chi connectivity index (χ3v) is 8.11. The van der Waals surface area contributed by atoms with Gasteiger partial charge in [0.05, 0.1) is 30.8 Å². The molecule has 8 heteroatoms. The molecule has 5 rings (SSSR count). The quantitative estimate of drug-likeness (QED) is 0.410. The molecule has 0 amide bonds. The number of hydrogen-bond acceptors (Lipinski definition) is 5. The monoisotopic (exact) mass is 496 g/mol. The molecule has 2 aliphatic rings. The average Bonchev–Trinajstić information content (AvgIpc) is 3.33. The van der Waals surface area contributed by atoms with Crippen LogP contribution in [0.2, 0.25) is 5.02 Å². The average molecular weight is 497 g/mol. The fourth-order valence-corrected chi connectivity index (χ4v) is 6.17. The van der Waals surface area contributed by atoms with Crippen molar-refractivity contribution in [3.8, 4) is 11.5 Å². The molecular weight excluding hydrogens is 472 g/mol. The number of benzene rings is 3. The van der Waals surface area contributed by atoms with Crippen molar-refractivity contribution in [1.82, 2.24) is 0 Å². The summed E-state index contributed by atoms with van der Waals surface area (Å²) in [5, 5.41) is 4.10. The molecule has 0 saturated heterocycles. The minimum Gasteiger partial charge on any atom is -0.497 e. The fourth-order valence-electron chi connectivity index (χ4n) is 4.90. The van der Waals surface area contributed by atoms with E-state index in [2.05, 4.69) is 22.2 Å². The number of nitrogens with one attached hydrogen (secondary N) is 2. The summed E-state index contributed by atoms with van der Waals surface area (Å²) in [5.41, 5.74) is 3.31. The summed E-state index contributed by atoms with van der Waals surface area (Å²) in [6.07, 6.45) is 5.21. The molecule has 176 valence electrons. The highest BCUT2D eigenvalue weighted by molar-refractivity contribution is 7.92. The van der Waals surface area contributed by atoms with Gasteiger partial charge in [0.2, 0.25) is 0 Å². The minimum atomic E-state index is -3.77. The van der Waals surface area contributed by atoms with Gasteiger partial charge in [0, 0.05) is 22.2 Å². The van der Waals surface area contributed by atoms with E-state index in [0.29, 0.717) is 10.7 Å². The second-order valence-electron chi connectivity index (χ2n) is 8.45. The lowest BCUT2D eigenvalue weighted by atomic mass is 9.77. The first-order valence-electron chi connectivity index (χ1n) is 11.0. The van der Waals surface area contributed by atoms with Crippen molar-refractivity contribution >= 4 is 33.0 Å². The number of hydrogen-bond donors (Lipinski definition) is 2. The van der Waals surface area contributed by atoms with Crippen LogP contribution in [0.1, 0.15) is 29.5 Å². The number of ether oxygens (including phenoxy) is 2. The van der Waals surface area contributed by atoms with Crippen LogP contribution in [0.25, 0.3) is 0 Å². The van der Waals surface area contributed by atoms with Gasteiger partial charge in [-0.1, -0.05) is 29.8 Å². The summed E-state index contributed by atoms with van der Waals surface area (Å²) in [4.78, 5) is 0.212. The number of allylic oxidation sites excluding steroid dienone is 2. The molecule has 3 atom stereocenters. The molecule has 3 aromatic rings. The second-order valence-corrected chi connectivity index (χ2v) is 10.6. The Labute approximate surface area is 204 Å². The molecule has 0 unspecified atom stereocenters. The first-order chi connectivity index (χ1) is 16.4. The lowest BCUT2D eigenvalue weighted by molar-refractivity contribution is 0.374. The summed E-state index contributed by atoms with van der Waals surface area (Å²) in [5.74, 6) is 1.85. The van der Waals surface area contributed by atoms with Crippen LogP contribution in [0, 0.1) is 5.92 Å². The van der Waals surface area contributed by atoms with Gasteiger partial charge in [0.25, 0.3) is 10.0 Å². The molecule has 34 heavy (non-hydrogen) atoms. The second kappa shape index (κ2) is 8.89. The Morgan fingerprint density at radius 3 is 2.62 bits per heavy atom. The molecular formula is C26H25ClN2O4S. The third-order valence-electron chi connectivity index (χ3n) is 6.49. The minimum absolute atomic E-state index is 0.00964. The molecule has 0 saturated carbocycles. The van der Waals surface area contributed by atoms with Gasteiger partial charge >= 0.3 is 0 Å². The lowest BCUT2D eigenvalue weighted by Gasteiger charge is -2.38. The first kappa shape index (κ1) is 22.6. The number of sulfonamides is 1. The maximum absolute atomic E-state index is 13.1. The molecule has 0 fully saturated rings. The van der Waals surface area contributed by atoms with Crippen LogP contribution in [0.5, 0.6) is 11.5 Å². The van der Waals surface area contributed by atoms with Crippen molar-refractivity contribution in [2.45, 2.75) is 23.3 Å². The SMILES string of the molecule is COc1ccc(OC)c([C@H]2Nc3ccc(S(=O)(=O)Nc4cccc(Cl)c4)cc3[C@H]3C=CC[C@H]32)c1. The molecule has 1 aliphatic carbocycles. The zero-order valence-corrected chi connectivity index (χ0v) is 20.4. The maximum atomic E-state index is 13.1. The smallest absolute Gasteiger partial charge is 0.261 e. The van der Waals surface area contributed by atoms with Gasteiger partial charge in [-0.05, 0) is 72.5 Å². The molecule has 0 spiro atoms. The summed E-state index contributed by atoms with van der Waals surface area (Å²) < 4.78 is 39.9. The van der Waals surface area contributed by atoms with E-state index in [4.69, 9.17) is 21.1 Å². The topological polar surface area (TPSA) is 76.7 Å². The van der Waals surface area contributed by atoms with Gasteiger partial charge in [-0.15, -0.1) is 0 Å². The summed E-state index contributed by atoms with van der Waals surface area (Å²) >= 11 is 6.01. The van der Waals surface area contributed by atoms with Crippen LogP contribution in [0.3, 0.4) is 0 Å². The molecule has 0 bridgehead atoms. The van der Waals surface area contributed by atoms with E-state index in [0.717, 1.165) is 34.7 Å². The molecule has 0 aromatic heterocycles. The van der Waals surface area contributed by atoms with Crippen molar-refractivity contribution in [2.75, 3.05) is 24.3 Å². The van der Waals surface area contributed by atoms with E-state index in [1.807, 2.05) is 24.3 Å². The molecule has 2 N–H and O–H groups in total. The van der Waals surface area contributed by atoms with Gasteiger partial charge in [0.1, 0.15) is 11.5 Å². The third kappa shape index (κ3) is 4.10. The van der Waals surface area contributed by atoms with Crippen molar-refractivity contribution in [1.29, 1.82) is 0 Å². The first-order valence-corrected chi connectivity index (χ1v) is 12.8. The Balaban J connectivity index is 1.51. The normalized spacial score (nSPS) is 20.7. The summed E-state index contributed by atoms with van der Waals surface area (Å²) in [6.45, 7) is 0. The van der Waals surface area contributed by atoms with Crippen molar-refractivity contribution < 1.29 is 17.9 Å². The predicted octanol–water partition coefficient (Wildman–Crippen LogP) is 5.98. The lowest BCUT2D eigenvalue weighted by Crippen LogP contribution is -2.29. The number of fused-ring (bicyclic) bond motifs is 3. The van der Waals surface area contributed by atoms with Crippen LogP contribution in [-0.4, -0.2) is 22.6 Å². The molecule has 1 heterocycles. The van der Waals surface area contributed by atoms with Gasteiger partial charge in [-0.2, -0.15) is 0 Å². The summed E-state index contributed by atoms with van der Waals surface area (Å²) in [7, 11) is -0.464. The largest absolute Gasteiger partial charge is 0.497 e. The number of rotatable bonds is 6. The van der Waals surface area contributed by atoms with Gasteiger partial charge < -0.3 is 14.8 Å². The van der Waals surface area contributed by atoms with Gasteiger partial charge in [0.15, 0.2) is 0 Å². The van der Waals surface area contributed by atoms with E-state index in [-0.39, 0.29) is 22.8 Å². The Bertz CT molecular complexity index is 1370. The van der Waals surface area contributed by atoms with Crippen LogP contribution < -0.4 is 19.5 Å². The van der Waals surface area contributed by atoms with E-state index in [9.17, 15) is 8.42 Å². The Morgan fingerprint density at radius 2 is 1.85 bits per heavy atom. The Hall–Kier alpha value is -3.16. The maximum Gasteiger partial charge on any atom is 0.261 e. The van der Waals surface area contributed by atoms with Gasteiger partial charge in [-0.25, -0.2) is 8.42 Å². The molecule has 1 aliphatic heterocycles. The molecule has 3 aromatic carbocycles. The van der Waals surface area contributed by atoms with Crippen molar-refractivity contribution in [2.24, 2.45) is 5.92 Å². The van der Waals surface area contributed by atoms with Crippen molar-refractivity contribution in [3.63, 3.8) is 0 Å². The molecule has 6 nitrogen and oxygen atoms in total. The highest BCUT2D eigenvalue weighted by Gasteiger charge is 2.39. The fraction of sp³-hybridized carbons (Fsp3) is 0.231. The number of anilines is 2. The zero-order valence-electron chi connectivity index (χ0n) is 18.8. The summed E-state index contributed by atoms with van der Waals surface area (Å²) in [6, 6.07) is 17.7. The van der Waals surface area contributed by atoms with E-state index in [1.165, 1.54) is 0 Å². The number of halogens is 1. The Kier molecular flexibility index (Phi) is 5.91. The van der Waals surface area contributed by atoms with Gasteiger partial charge in [-0.3, -0.25) is 4.72 Å². The van der Waals surface area contributed by atoms with Crippen LogP contribution in [0.15, 0.2) is 77.7 Å². The number of methoxy groups -OCH3 is 2. The van der Waals surface area contributed by atoms with Crippen molar-refractivity contribution in [3.05, 3.63) is 89.0 Å². The Morgan fingerprint density at radius 1 is 1.00 bits per heavy atom.